The van der Waals surface area contributed by atoms with Gasteiger partial charge in [-0.25, -0.2) is 4.39 Å². The Kier molecular flexibility index (Phi) is 2.26. The van der Waals surface area contributed by atoms with E-state index >= 15 is 0 Å². The van der Waals surface area contributed by atoms with Gasteiger partial charge in [0.15, 0.2) is 0 Å². The summed E-state index contributed by atoms with van der Waals surface area (Å²) < 4.78 is 13.0. The second-order valence-corrected chi connectivity index (χ2v) is 4.63. The van der Waals surface area contributed by atoms with E-state index in [4.69, 9.17) is 0 Å². The van der Waals surface area contributed by atoms with Crippen molar-refractivity contribution in [2.24, 2.45) is 5.10 Å². The van der Waals surface area contributed by atoms with E-state index in [0.29, 0.717) is 18.9 Å². The highest BCUT2D eigenvalue weighted by atomic mass is 32.2. The maximum atomic E-state index is 13.0. The first-order chi connectivity index (χ1) is 5.79. The largest absolute Gasteiger partial charge is 0.306 e. The molecule has 1 aliphatic carbocycles. The third kappa shape index (κ3) is 2.12. The fraction of sp³-hybridized carbons (Fsp3) is 0.875. The van der Waals surface area contributed by atoms with Crippen LogP contribution in [0.15, 0.2) is 5.10 Å². The summed E-state index contributed by atoms with van der Waals surface area (Å²) in [6.07, 6.45) is 3.88. The topological polar surface area (TPSA) is 24.4 Å². The van der Waals surface area contributed by atoms with Gasteiger partial charge in [-0.2, -0.15) is 16.9 Å². The first-order valence-electron chi connectivity index (χ1n) is 4.35. The molecule has 2 aliphatic rings. The Morgan fingerprint density at radius 1 is 1.58 bits per heavy atom. The Balaban J connectivity index is 1.70. The molecule has 2 rings (SSSR count). The molecule has 1 aliphatic heterocycles. The third-order valence-electron chi connectivity index (χ3n) is 2.21. The SMILES string of the molecule is FC1(/C=N/NC2CCSC2)CC1. The molecule has 1 saturated heterocycles. The summed E-state index contributed by atoms with van der Waals surface area (Å²) in [4.78, 5) is 0. The van der Waals surface area contributed by atoms with Crippen LogP contribution in [-0.2, 0) is 0 Å². The van der Waals surface area contributed by atoms with Gasteiger partial charge in [0.1, 0.15) is 5.67 Å². The van der Waals surface area contributed by atoms with Crippen LogP contribution in [0, 0.1) is 0 Å². The number of hydrogen-bond donors (Lipinski definition) is 1. The summed E-state index contributed by atoms with van der Waals surface area (Å²) in [6.45, 7) is 0. The van der Waals surface area contributed by atoms with Crippen molar-refractivity contribution < 1.29 is 4.39 Å². The predicted octanol–water partition coefficient (Wildman–Crippen LogP) is 1.57. The summed E-state index contributed by atoms with van der Waals surface area (Å²) in [6, 6.07) is 0.466. The van der Waals surface area contributed by atoms with Crippen LogP contribution in [0.5, 0.6) is 0 Å². The number of hydrogen-bond acceptors (Lipinski definition) is 3. The van der Waals surface area contributed by atoms with E-state index in [1.807, 2.05) is 11.8 Å². The minimum absolute atomic E-state index is 0.466. The van der Waals surface area contributed by atoms with Gasteiger partial charge in [0.25, 0.3) is 0 Å². The zero-order valence-corrected chi connectivity index (χ0v) is 7.74. The number of nitrogens with zero attached hydrogens (tertiary/aromatic N) is 1. The highest BCUT2D eigenvalue weighted by Crippen LogP contribution is 2.37. The lowest BCUT2D eigenvalue weighted by atomic mass is 10.3. The van der Waals surface area contributed by atoms with Crippen LogP contribution >= 0.6 is 11.8 Å². The van der Waals surface area contributed by atoms with Crippen LogP contribution in [-0.4, -0.2) is 29.4 Å². The number of hydrazone groups is 1. The molecule has 2 fully saturated rings. The van der Waals surface area contributed by atoms with Gasteiger partial charge in [0.2, 0.25) is 0 Å². The van der Waals surface area contributed by atoms with Crippen molar-refractivity contribution in [3.05, 3.63) is 0 Å². The van der Waals surface area contributed by atoms with Gasteiger partial charge in [-0.05, 0) is 25.0 Å². The molecule has 0 spiro atoms. The lowest BCUT2D eigenvalue weighted by molar-refractivity contribution is 0.410. The van der Waals surface area contributed by atoms with Gasteiger partial charge in [-0.1, -0.05) is 0 Å². The van der Waals surface area contributed by atoms with Crippen molar-refractivity contribution in [1.29, 1.82) is 0 Å². The molecule has 0 aromatic heterocycles. The van der Waals surface area contributed by atoms with Crippen LogP contribution in [0.2, 0.25) is 0 Å². The molecule has 0 radical (unpaired) electrons. The molecule has 0 aromatic rings. The second kappa shape index (κ2) is 3.24. The highest BCUT2D eigenvalue weighted by Gasteiger charge is 2.41. The number of rotatable bonds is 3. The summed E-state index contributed by atoms with van der Waals surface area (Å²) in [5.74, 6) is 2.31. The fourth-order valence-corrected chi connectivity index (χ4v) is 2.29. The normalized spacial score (nSPS) is 32.6. The molecule has 1 N–H and O–H groups in total. The average Bonchev–Trinajstić information content (AvgIpc) is 2.61. The monoisotopic (exact) mass is 188 g/mol. The van der Waals surface area contributed by atoms with Crippen molar-refractivity contribution in [1.82, 2.24) is 5.43 Å². The molecular formula is C8H13FN2S. The lowest BCUT2D eigenvalue weighted by Gasteiger charge is -2.06. The van der Waals surface area contributed by atoms with Crippen LogP contribution in [0.1, 0.15) is 19.3 Å². The average molecular weight is 188 g/mol. The van der Waals surface area contributed by atoms with Gasteiger partial charge in [-0.3, -0.25) is 0 Å². The third-order valence-corrected chi connectivity index (χ3v) is 3.37. The molecule has 2 nitrogen and oxygen atoms in total. The van der Waals surface area contributed by atoms with E-state index in [-0.39, 0.29) is 0 Å². The minimum Gasteiger partial charge on any atom is -0.306 e. The fourth-order valence-electron chi connectivity index (χ4n) is 1.14. The van der Waals surface area contributed by atoms with Gasteiger partial charge < -0.3 is 5.43 Å². The van der Waals surface area contributed by atoms with Crippen molar-refractivity contribution in [3.8, 4) is 0 Å². The van der Waals surface area contributed by atoms with E-state index in [1.165, 1.54) is 12.0 Å². The number of halogens is 1. The quantitative estimate of drug-likeness (QED) is 0.537. The van der Waals surface area contributed by atoms with Crippen LogP contribution in [0.25, 0.3) is 0 Å². The Labute approximate surface area is 76.0 Å². The highest BCUT2D eigenvalue weighted by molar-refractivity contribution is 7.99. The Morgan fingerprint density at radius 3 is 3.00 bits per heavy atom. The molecule has 4 heteroatoms. The van der Waals surface area contributed by atoms with E-state index in [1.54, 1.807) is 0 Å². The zero-order chi connectivity index (χ0) is 8.44. The number of thioether (sulfide) groups is 1. The molecular weight excluding hydrogens is 175 g/mol. The zero-order valence-electron chi connectivity index (χ0n) is 6.92. The van der Waals surface area contributed by atoms with Crippen LogP contribution in [0.3, 0.4) is 0 Å². The smallest absolute Gasteiger partial charge is 0.147 e. The number of alkyl halides is 1. The summed E-state index contributed by atoms with van der Waals surface area (Å²) in [5, 5.41) is 3.92. The van der Waals surface area contributed by atoms with Crippen molar-refractivity contribution >= 4 is 18.0 Å². The lowest BCUT2D eigenvalue weighted by Crippen LogP contribution is -2.24. The molecule has 1 unspecified atom stereocenters. The van der Waals surface area contributed by atoms with Crippen molar-refractivity contribution in [3.63, 3.8) is 0 Å². The van der Waals surface area contributed by atoms with Crippen molar-refractivity contribution in [2.75, 3.05) is 11.5 Å². The Morgan fingerprint density at radius 2 is 2.42 bits per heavy atom. The maximum Gasteiger partial charge on any atom is 0.147 e. The Bertz CT molecular complexity index is 185. The molecule has 12 heavy (non-hydrogen) atoms. The molecule has 0 amide bonds. The maximum absolute atomic E-state index is 13.0. The first kappa shape index (κ1) is 8.35. The standard InChI is InChI=1S/C8H13FN2S/c9-8(2-3-8)6-10-11-7-1-4-12-5-7/h6-7,11H,1-5H2/b10-6+. The molecule has 1 saturated carbocycles. The van der Waals surface area contributed by atoms with Gasteiger partial charge >= 0.3 is 0 Å². The predicted molar refractivity (Wildman–Crippen MR) is 50.4 cm³/mol. The molecule has 0 aromatic carbocycles. The van der Waals surface area contributed by atoms with Gasteiger partial charge in [0, 0.05) is 5.75 Å². The molecule has 1 atom stereocenters. The number of nitrogens with one attached hydrogen (secondary N) is 1. The van der Waals surface area contributed by atoms with Crippen molar-refractivity contribution in [2.45, 2.75) is 31.0 Å². The van der Waals surface area contributed by atoms with E-state index in [9.17, 15) is 4.39 Å². The van der Waals surface area contributed by atoms with Crippen LogP contribution < -0.4 is 5.43 Å². The summed E-state index contributed by atoms with van der Waals surface area (Å²) in [7, 11) is 0. The molecule has 1 heterocycles. The summed E-state index contributed by atoms with van der Waals surface area (Å²) >= 11 is 1.93. The van der Waals surface area contributed by atoms with Gasteiger partial charge in [-0.15, -0.1) is 0 Å². The molecule has 68 valence electrons. The second-order valence-electron chi connectivity index (χ2n) is 3.48. The minimum atomic E-state index is -1.06. The van der Waals surface area contributed by atoms with Crippen LogP contribution in [0.4, 0.5) is 4.39 Å². The van der Waals surface area contributed by atoms with Gasteiger partial charge in [0.05, 0.1) is 12.3 Å². The summed E-state index contributed by atoms with van der Waals surface area (Å²) in [5.41, 5.74) is 1.93. The van der Waals surface area contributed by atoms with E-state index < -0.39 is 5.67 Å². The van der Waals surface area contributed by atoms with E-state index in [0.717, 1.165) is 12.2 Å². The van der Waals surface area contributed by atoms with E-state index in [2.05, 4.69) is 10.5 Å². The molecule has 0 bridgehead atoms. The first-order valence-corrected chi connectivity index (χ1v) is 5.50. The Hall–Kier alpha value is -0.250.